The summed E-state index contributed by atoms with van der Waals surface area (Å²) in [6.07, 6.45) is -3.49. The maximum absolute atomic E-state index is 11.8. The minimum absolute atomic E-state index is 0.132. The summed E-state index contributed by atoms with van der Waals surface area (Å²) >= 11 is 3.13. The molecule has 6 heteroatoms. The summed E-state index contributed by atoms with van der Waals surface area (Å²) in [6, 6.07) is 3.32. The minimum atomic E-state index is -4.12. The molecule has 78 valence electrons. The largest absolute Gasteiger partial charge is 0.390 e. The van der Waals surface area contributed by atoms with E-state index in [1.807, 2.05) is 0 Å². The Labute approximate surface area is 87.7 Å². The van der Waals surface area contributed by atoms with Gasteiger partial charge >= 0.3 is 6.18 Å². The Morgan fingerprint density at radius 3 is 2.57 bits per heavy atom. The standard InChI is InChI=1S/C8H8BrF3N2/c9-7-2-1-6(5-14-7)13-4-3-8(10,11)12/h1-2,5,13H,3-4H2. The molecule has 14 heavy (non-hydrogen) atoms. The average Bonchev–Trinajstić information content (AvgIpc) is 2.06. The van der Waals surface area contributed by atoms with Gasteiger partial charge in [0.2, 0.25) is 0 Å². The molecule has 0 aromatic carbocycles. The van der Waals surface area contributed by atoms with Crippen molar-refractivity contribution in [2.75, 3.05) is 11.9 Å². The lowest BCUT2D eigenvalue weighted by molar-refractivity contribution is -0.131. The molecule has 0 radical (unpaired) electrons. The number of rotatable bonds is 3. The van der Waals surface area contributed by atoms with Crippen LogP contribution in [0.4, 0.5) is 18.9 Å². The Morgan fingerprint density at radius 2 is 2.07 bits per heavy atom. The number of pyridine rings is 1. The van der Waals surface area contributed by atoms with Gasteiger partial charge < -0.3 is 5.32 Å². The van der Waals surface area contributed by atoms with E-state index in [0.717, 1.165) is 0 Å². The van der Waals surface area contributed by atoms with Crippen LogP contribution in [0.2, 0.25) is 0 Å². The Kier molecular flexibility index (Phi) is 3.74. The zero-order valence-electron chi connectivity index (χ0n) is 7.11. The van der Waals surface area contributed by atoms with Crippen LogP contribution in [0.3, 0.4) is 0 Å². The number of nitrogens with one attached hydrogen (secondary N) is 1. The second-order valence-electron chi connectivity index (χ2n) is 2.66. The second kappa shape index (κ2) is 4.63. The number of hydrogen-bond acceptors (Lipinski definition) is 2. The van der Waals surface area contributed by atoms with Crippen LogP contribution in [0.5, 0.6) is 0 Å². The summed E-state index contributed by atoms with van der Waals surface area (Å²) in [4.78, 5) is 3.87. The van der Waals surface area contributed by atoms with Crippen molar-refractivity contribution in [1.29, 1.82) is 0 Å². The summed E-state index contributed by atoms with van der Waals surface area (Å²) < 4.78 is 35.9. The Balaban J connectivity index is 2.35. The van der Waals surface area contributed by atoms with Gasteiger partial charge in [-0.2, -0.15) is 13.2 Å². The van der Waals surface area contributed by atoms with Crippen LogP contribution < -0.4 is 5.32 Å². The molecule has 1 N–H and O–H groups in total. The lowest BCUT2D eigenvalue weighted by atomic mass is 10.3. The number of hydrogen-bond donors (Lipinski definition) is 1. The predicted octanol–water partition coefficient (Wildman–Crippen LogP) is 3.21. The number of halogens is 4. The molecule has 1 aromatic heterocycles. The van der Waals surface area contributed by atoms with Crippen molar-refractivity contribution in [2.45, 2.75) is 12.6 Å². The molecular weight excluding hydrogens is 261 g/mol. The average molecular weight is 269 g/mol. The van der Waals surface area contributed by atoms with E-state index >= 15 is 0 Å². The van der Waals surface area contributed by atoms with E-state index in [9.17, 15) is 13.2 Å². The van der Waals surface area contributed by atoms with Crippen LogP contribution in [0.25, 0.3) is 0 Å². The van der Waals surface area contributed by atoms with E-state index in [-0.39, 0.29) is 6.54 Å². The lowest BCUT2D eigenvalue weighted by Gasteiger charge is -2.08. The van der Waals surface area contributed by atoms with Crippen molar-refractivity contribution in [3.05, 3.63) is 22.9 Å². The molecule has 1 heterocycles. The van der Waals surface area contributed by atoms with Gasteiger partial charge in [-0.25, -0.2) is 4.98 Å². The fraction of sp³-hybridized carbons (Fsp3) is 0.375. The number of alkyl halides is 3. The Bertz CT molecular complexity index is 284. The fourth-order valence-corrected chi connectivity index (χ4v) is 1.06. The summed E-state index contributed by atoms with van der Waals surface area (Å²) in [7, 11) is 0. The highest BCUT2D eigenvalue weighted by Gasteiger charge is 2.25. The molecule has 2 nitrogen and oxygen atoms in total. The van der Waals surface area contributed by atoms with Gasteiger partial charge in [0.05, 0.1) is 18.3 Å². The van der Waals surface area contributed by atoms with Crippen LogP contribution in [-0.2, 0) is 0 Å². The first-order valence-electron chi connectivity index (χ1n) is 3.89. The maximum atomic E-state index is 11.8. The summed E-state index contributed by atoms with van der Waals surface area (Å²) in [5, 5.41) is 2.63. The third-order valence-electron chi connectivity index (χ3n) is 1.46. The fourth-order valence-electron chi connectivity index (χ4n) is 0.829. The van der Waals surface area contributed by atoms with Crippen LogP contribution in [0.15, 0.2) is 22.9 Å². The third-order valence-corrected chi connectivity index (χ3v) is 1.93. The van der Waals surface area contributed by atoms with Crippen molar-refractivity contribution in [3.63, 3.8) is 0 Å². The highest BCUT2D eigenvalue weighted by atomic mass is 79.9. The van der Waals surface area contributed by atoms with Crippen molar-refractivity contribution >= 4 is 21.6 Å². The smallest absolute Gasteiger partial charge is 0.383 e. The van der Waals surface area contributed by atoms with Gasteiger partial charge in [-0.3, -0.25) is 0 Å². The zero-order valence-corrected chi connectivity index (χ0v) is 8.69. The Hall–Kier alpha value is -0.780. The third kappa shape index (κ3) is 4.45. The maximum Gasteiger partial charge on any atom is 0.390 e. The molecule has 1 rings (SSSR count). The molecule has 0 bridgehead atoms. The number of aromatic nitrogens is 1. The number of nitrogens with zero attached hydrogens (tertiary/aromatic N) is 1. The zero-order chi connectivity index (χ0) is 10.6. The van der Waals surface area contributed by atoms with E-state index in [2.05, 4.69) is 26.2 Å². The SMILES string of the molecule is FC(F)(F)CCNc1ccc(Br)nc1. The second-order valence-corrected chi connectivity index (χ2v) is 3.47. The first-order chi connectivity index (χ1) is 6.47. The minimum Gasteiger partial charge on any atom is -0.383 e. The van der Waals surface area contributed by atoms with Crippen LogP contribution in [0.1, 0.15) is 6.42 Å². The number of anilines is 1. The lowest BCUT2D eigenvalue weighted by Crippen LogP contribution is -2.14. The normalized spacial score (nSPS) is 11.4. The molecule has 0 atom stereocenters. The molecule has 0 spiro atoms. The van der Waals surface area contributed by atoms with Crippen molar-refractivity contribution in [2.24, 2.45) is 0 Å². The molecule has 0 aliphatic carbocycles. The monoisotopic (exact) mass is 268 g/mol. The van der Waals surface area contributed by atoms with Crippen molar-refractivity contribution in [1.82, 2.24) is 4.98 Å². The van der Waals surface area contributed by atoms with Gasteiger partial charge in [0.1, 0.15) is 4.60 Å². The van der Waals surface area contributed by atoms with E-state index in [1.54, 1.807) is 12.1 Å². The van der Waals surface area contributed by atoms with Crippen molar-refractivity contribution in [3.8, 4) is 0 Å². The summed E-state index contributed by atoms with van der Waals surface area (Å²) in [6.45, 7) is -0.132. The molecule has 0 aliphatic heterocycles. The van der Waals surface area contributed by atoms with Crippen LogP contribution >= 0.6 is 15.9 Å². The quantitative estimate of drug-likeness (QED) is 0.852. The molecule has 1 aromatic rings. The topological polar surface area (TPSA) is 24.9 Å². The van der Waals surface area contributed by atoms with Gasteiger partial charge in [-0.15, -0.1) is 0 Å². The van der Waals surface area contributed by atoms with E-state index in [0.29, 0.717) is 10.3 Å². The van der Waals surface area contributed by atoms with Gasteiger partial charge in [0.25, 0.3) is 0 Å². The highest BCUT2D eigenvalue weighted by molar-refractivity contribution is 9.10. The first kappa shape index (κ1) is 11.3. The van der Waals surface area contributed by atoms with Crippen LogP contribution in [0, 0.1) is 0 Å². The van der Waals surface area contributed by atoms with Crippen molar-refractivity contribution < 1.29 is 13.2 Å². The van der Waals surface area contributed by atoms with E-state index in [4.69, 9.17) is 0 Å². The van der Waals surface area contributed by atoms with Gasteiger partial charge in [-0.05, 0) is 28.1 Å². The van der Waals surface area contributed by atoms with E-state index in [1.165, 1.54) is 6.20 Å². The highest BCUT2D eigenvalue weighted by Crippen LogP contribution is 2.19. The molecule has 0 saturated heterocycles. The molecule has 0 saturated carbocycles. The van der Waals surface area contributed by atoms with Gasteiger partial charge in [0, 0.05) is 6.54 Å². The molecule has 0 aliphatic rings. The van der Waals surface area contributed by atoms with Gasteiger partial charge in [0.15, 0.2) is 0 Å². The first-order valence-corrected chi connectivity index (χ1v) is 4.69. The molecule has 0 amide bonds. The van der Waals surface area contributed by atoms with E-state index < -0.39 is 12.6 Å². The molecular formula is C8H8BrF3N2. The predicted molar refractivity (Wildman–Crippen MR) is 51.1 cm³/mol. The Morgan fingerprint density at radius 1 is 1.36 bits per heavy atom. The van der Waals surface area contributed by atoms with Crippen LogP contribution in [-0.4, -0.2) is 17.7 Å². The summed E-state index contributed by atoms with van der Waals surface area (Å²) in [5.41, 5.74) is 0.581. The van der Waals surface area contributed by atoms with Gasteiger partial charge in [-0.1, -0.05) is 0 Å². The molecule has 0 unspecified atom stereocenters. The molecule has 0 fully saturated rings. The summed E-state index contributed by atoms with van der Waals surface area (Å²) in [5.74, 6) is 0.